The van der Waals surface area contributed by atoms with Crippen LogP contribution in [0.25, 0.3) is 0 Å². The molecular formula is C23H34FNO. The lowest BCUT2D eigenvalue weighted by molar-refractivity contribution is 0.225. The van der Waals surface area contributed by atoms with E-state index in [1.54, 1.807) is 12.1 Å². The van der Waals surface area contributed by atoms with E-state index in [-0.39, 0.29) is 5.75 Å². The quantitative estimate of drug-likeness (QED) is 0.398. The molecule has 1 aromatic rings. The number of hydrogen-bond acceptors (Lipinski definition) is 2. The molecule has 1 aliphatic carbocycles. The van der Waals surface area contributed by atoms with Gasteiger partial charge in [0.15, 0.2) is 11.6 Å². The van der Waals surface area contributed by atoms with Gasteiger partial charge in [0.05, 0.1) is 18.2 Å². The second-order valence-electron chi connectivity index (χ2n) is 7.84. The summed E-state index contributed by atoms with van der Waals surface area (Å²) in [6.45, 7) is 2.83. The summed E-state index contributed by atoms with van der Waals surface area (Å²) in [5, 5.41) is 8.75. The van der Waals surface area contributed by atoms with Crippen molar-refractivity contribution in [3.05, 3.63) is 29.6 Å². The maximum atomic E-state index is 13.8. The van der Waals surface area contributed by atoms with Crippen molar-refractivity contribution in [1.82, 2.24) is 0 Å². The monoisotopic (exact) mass is 359 g/mol. The summed E-state index contributed by atoms with van der Waals surface area (Å²) in [7, 11) is 0. The van der Waals surface area contributed by atoms with E-state index < -0.39 is 5.82 Å². The molecule has 26 heavy (non-hydrogen) atoms. The summed E-state index contributed by atoms with van der Waals surface area (Å²) in [5.41, 5.74) is 0.331. The average molecular weight is 360 g/mol. The highest BCUT2D eigenvalue weighted by Gasteiger charge is 2.20. The predicted octanol–water partition coefficient (Wildman–Crippen LogP) is 7.02. The minimum atomic E-state index is -0.441. The molecule has 0 N–H and O–H groups in total. The summed E-state index contributed by atoms with van der Waals surface area (Å²) >= 11 is 0. The Bertz CT molecular complexity index is 558. The number of benzene rings is 1. The first-order chi connectivity index (χ1) is 12.7. The van der Waals surface area contributed by atoms with Crippen LogP contribution >= 0.6 is 0 Å². The van der Waals surface area contributed by atoms with Crippen molar-refractivity contribution >= 4 is 0 Å². The topological polar surface area (TPSA) is 33.0 Å². The van der Waals surface area contributed by atoms with Crippen molar-refractivity contribution in [3.63, 3.8) is 0 Å². The highest BCUT2D eigenvalue weighted by atomic mass is 19.1. The van der Waals surface area contributed by atoms with E-state index in [1.807, 2.05) is 6.07 Å². The first kappa shape index (κ1) is 20.7. The van der Waals surface area contributed by atoms with Crippen molar-refractivity contribution in [2.75, 3.05) is 6.61 Å². The molecule has 0 heterocycles. The van der Waals surface area contributed by atoms with Crippen molar-refractivity contribution < 1.29 is 9.13 Å². The van der Waals surface area contributed by atoms with Crippen LogP contribution in [0.1, 0.15) is 89.5 Å². The third kappa shape index (κ3) is 7.36. The summed E-state index contributed by atoms with van der Waals surface area (Å²) < 4.78 is 19.3. The van der Waals surface area contributed by atoms with Crippen LogP contribution < -0.4 is 4.74 Å². The van der Waals surface area contributed by atoms with Gasteiger partial charge in [0.1, 0.15) is 0 Å². The van der Waals surface area contributed by atoms with Gasteiger partial charge in [-0.1, -0.05) is 71.1 Å². The van der Waals surface area contributed by atoms with Gasteiger partial charge in [-0.15, -0.1) is 0 Å². The summed E-state index contributed by atoms with van der Waals surface area (Å²) in [4.78, 5) is 0. The van der Waals surface area contributed by atoms with E-state index in [9.17, 15) is 4.39 Å². The van der Waals surface area contributed by atoms with Gasteiger partial charge in [0, 0.05) is 0 Å². The zero-order valence-electron chi connectivity index (χ0n) is 16.3. The van der Waals surface area contributed by atoms with Gasteiger partial charge in [-0.2, -0.15) is 5.26 Å². The molecule has 0 saturated heterocycles. The normalized spacial score (nSPS) is 19.9. The molecule has 0 unspecified atom stereocenters. The van der Waals surface area contributed by atoms with Gasteiger partial charge in [-0.3, -0.25) is 0 Å². The van der Waals surface area contributed by atoms with Crippen LogP contribution in [0.4, 0.5) is 4.39 Å². The van der Waals surface area contributed by atoms with Crippen molar-refractivity contribution in [2.24, 2.45) is 11.8 Å². The summed E-state index contributed by atoms with van der Waals surface area (Å²) in [6, 6.07) is 6.32. The predicted molar refractivity (Wildman–Crippen MR) is 105 cm³/mol. The van der Waals surface area contributed by atoms with Crippen LogP contribution in [0.5, 0.6) is 5.75 Å². The SMILES string of the molecule is CCCCCCC[C@H]1CC[C@H](CCCOc2ccc(C#N)cc2F)CC1. The van der Waals surface area contributed by atoms with Gasteiger partial charge in [0.25, 0.3) is 0 Å². The molecular weight excluding hydrogens is 325 g/mol. The number of nitriles is 1. The van der Waals surface area contributed by atoms with Gasteiger partial charge >= 0.3 is 0 Å². The van der Waals surface area contributed by atoms with E-state index in [1.165, 1.54) is 76.7 Å². The van der Waals surface area contributed by atoms with Crippen molar-refractivity contribution in [3.8, 4) is 11.8 Å². The zero-order chi connectivity index (χ0) is 18.6. The Hall–Kier alpha value is -1.56. The number of rotatable bonds is 11. The maximum Gasteiger partial charge on any atom is 0.166 e. The van der Waals surface area contributed by atoms with Gasteiger partial charge < -0.3 is 4.74 Å². The molecule has 2 nitrogen and oxygen atoms in total. The fraction of sp³-hybridized carbons (Fsp3) is 0.696. The van der Waals surface area contributed by atoms with Crippen LogP contribution in [-0.2, 0) is 0 Å². The molecule has 0 radical (unpaired) electrons. The van der Waals surface area contributed by atoms with Crippen LogP contribution in [0.3, 0.4) is 0 Å². The van der Waals surface area contributed by atoms with Gasteiger partial charge in [-0.05, 0) is 42.9 Å². The van der Waals surface area contributed by atoms with E-state index in [0.717, 1.165) is 18.3 Å². The molecule has 0 aromatic heterocycles. The van der Waals surface area contributed by atoms with Crippen LogP contribution in [0, 0.1) is 29.0 Å². The minimum absolute atomic E-state index is 0.260. The minimum Gasteiger partial charge on any atom is -0.491 e. The highest BCUT2D eigenvalue weighted by Crippen LogP contribution is 2.34. The number of hydrogen-bond donors (Lipinski definition) is 0. The van der Waals surface area contributed by atoms with Gasteiger partial charge in [-0.25, -0.2) is 4.39 Å². The van der Waals surface area contributed by atoms with Crippen molar-refractivity contribution in [1.29, 1.82) is 5.26 Å². The Morgan fingerprint density at radius 2 is 1.65 bits per heavy atom. The lowest BCUT2D eigenvalue weighted by Crippen LogP contribution is -2.15. The van der Waals surface area contributed by atoms with Crippen LogP contribution in [-0.4, -0.2) is 6.61 Å². The zero-order valence-corrected chi connectivity index (χ0v) is 16.3. The Kier molecular flexibility index (Phi) is 9.53. The first-order valence-electron chi connectivity index (χ1n) is 10.6. The molecule has 0 spiro atoms. The molecule has 1 saturated carbocycles. The van der Waals surface area contributed by atoms with Crippen LogP contribution in [0.2, 0.25) is 0 Å². The second-order valence-corrected chi connectivity index (χ2v) is 7.84. The third-order valence-corrected chi connectivity index (χ3v) is 5.76. The third-order valence-electron chi connectivity index (χ3n) is 5.76. The molecule has 144 valence electrons. The number of halogens is 1. The van der Waals surface area contributed by atoms with Crippen LogP contribution in [0.15, 0.2) is 18.2 Å². The maximum absolute atomic E-state index is 13.8. The standard InChI is InChI=1S/C23H34FNO/c1-2-3-4-5-6-8-19-10-12-20(13-11-19)9-7-16-26-23-15-14-21(18-25)17-22(23)24/h14-15,17,19-20H,2-13,16H2,1H3/t19-,20-. The Balaban J connectivity index is 1.54. The molecule has 0 bridgehead atoms. The Labute approximate surface area is 158 Å². The summed E-state index contributed by atoms with van der Waals surface area (Å²) in [6.07, 6.45) is 16.0. The largest absolute Gasteiger partial charge is 0.491 e. The molecule has 0 atom stereocenters. The molecule has 0 amide bonds. The lowest BCUT2D eigenvalue weighted by Gasteiger charge is -2.28. The number of unbranched alkanes of at least 4 members (excludes halogenated alkanes) is 4. The van der Waals surface area contributed by atoms with E-state index in [0.29, 0.717) is 12.2 Å². The summed E-state index contributed by atoms with van der Waals surface area (Å²) in [5.74, 6) is 1.59. The van der Waals surface area contributed by atoms with E-state index >= 15 is 0 Å². The van der Waals surface area contributed by atoms with E-state index in [4.69, 9.17) is 10.00 Å². The Morgan fingerprint density at radius 1 is 1.00 bits per heavy atom. The molecule has 1 fully saturated rings. The molecule has 1 aromatic carbocycles. The number of nitrogens with zero attached hydrogens (tertiary/aromatic N) is 1. The fourth-order valence-corrected chi connectivity index (χ4v) is 4.09. The second kappa shape index (κ2) is 11.9. The molecule has 0 aliphatic heterocycles. The first-order valence-corrected chi connectivity index (χ1v) is 10.6. The van der Waals surface area contributed by atoms with Gasteiger partial charge in [0.2, 0.25) is 0 Å². The average Bonchev–Trinajstić information content (AvgIpc) is 2.67. The molecule has 2 rings (SSSR count). The Morgan fingerprint density at radius 3 is 2.27 bits per heavy atom. The fourth-order valence-electron chi connectivity index (χ4n) is 4.09. The van der Waals surface area contributed by atoms with E-state index in [2.05, 4.69) is 6.92 Å². The smallest absolute Gasteiger partial charge is 0.166 e. The van der Waals surface area contributed by atoms with Crippen molar-refractivity contribution in [2.45, 2.75) is 84.0 Å². The molecule has 1 aliphatic rings. The molecule has 3 heteroatoms. The number of ether oxygens (including phenoxy) is 1. The lowest BCUT2D eigenvalue weighted by atomic mass is 9.78. The highest BCUT2D eigenvalue weighted by molar-refractivity contribution is 5.35.